The van der Waals surface area contributed by atoms with Crippen LogP contribution in [0.2, 0.25) is 5.02 Å². The van der Waals surface area contributed by atoms with E-state index in [9.17, 15) is 0 Å². The molecule has 0 amide bonds. The fourth-order valence-corrected chi connectivity index (χ4v) is 2.03. The van der Waals surface area contributed by atoms with Crippen LogP contribution in [0.25, 0.3) is 0 Å². The van der Waals surface area contributed by atoms with Gasteiger partial charge in [-0.15, -0.1) is 11.6 Å². The molecule has 2 rings (SSSR count). The van der Waals surface area contributed by atoms with Gasteiger partial charge in [-0.2, -0.15) is 0 Å². The van der Waals surface area contributed by atoms with Crippen molar-refractivity contribution in [3.8, 4) is 0 Å². The Balaban J connectivity index is 2.17. The number of rotatable bonds is 4. The zero-order chi connectivity index (χ0) is 13.8. The summed E-state index contributed by atoms with van der Waals surface area (Å²) in [4.78, 5) is 10.7. The molecule has 2 aromatic rings. The van der Waals surface area contributed by atoms with Gasteiger partial charge in [0, 0.05) is 12.1 Å². The molecule has 1 atom stereocenters. The molecule has 100 valence electrons. The van der Waals surface area contributed by atoms with Crippen molar-refractivity contribution < 1.29 is 0 Å². The summed E-state index contributed by atoms with van der Waals surface area (Å²) in [6, 6.07) is 8.01. The molecule has 1 unspecified atom stereocenters. The summed E-state index contributed by atoms with van der Waals surface area (Å²) < 4.78 is 0. The van der Waals surface area contributed by atoms with Crippen LogP contribution < -0.4 is 4.90 Å². The number of hydrogen-bond donors (Lipinski definition) is 0. The molecule has 0 spiro atoms. The van der Waals surface area contributed by atoms with Crippen molar-refractivity contribution in [1.29, 1.82) is 0 Å². The zero-order valence-corrected chi connectivity index (χ0v) is 12.4. The molecule has 0 bridgehead atoms. The Morgan fingerprint density at radius 1 is 1.16 bits per heavy atom. The van der Waals surface area contributed by atoms with Gasteiger partial charge in [-0.1, -0.05) is 23.7 Å². The third kappa shape index (κ3) is 3.37. The van der Waals surface area contributed by atoms with Crippen molar-refractivity contribution in [1.82, 2.24) is 9.97 Å². The first-order valence-electron chi connectivity index (χ1n) is 5.97. The van der Waals surface area contributed by atoms with E-state index in [0.717, 1.165) is 16.5 Å². The van der Waals surface area contributed by atoms with E-state index in [4.69, 9.17) is 23.2 Å². The summed E-state index contributed by atoms with van der Waals surface area (Å²) >= 11 is 11.6. The van der Waals surface area contributed by atoms with Crippen LogP contribution in [0.3, 0.4) is 0 Å². The van der Waals surface area contributed by atoms with Crippen molar-refractivity contribution in [3.05, 3.63) is 52.9 Å². The van der Waals surface area contributed by atoms with Crippen molar-refractivity contribution in [3.63, 3.8) is 0 Å². The number of halogens is 2. The van der Waals surface area contributed by atoms with Crippen LogP contribution in [-0.2, 0) is 5.88 Å². The molecule has 1 aromatic heterocycles. The van der Waals surface area contributed by atoms with Crippen LogP contribution in [0.5, 0.6) is 0 Å². The summed E-state index contributed by atoms with van der Waals surface area (Å²) in [5, 5.41) is 0.741. The summed E-state index contributed by atoms with van der Waals surface area (Å²) in [7, 11) is 1.99. The normalized spacial score (nSPS) is 12.2. The Morgan fingerprint density at radius 3 is 2.37 bits per heavy atom. The molecule has 3 nitrogen and oxygen atoms in total. The Kier molecular flexibility index (Phi) is 4.61. The minimum atomic E-state index is 0.188. The molecule has 5 heteroatoms. The van der Waals surface area contributed by atoms with Crippen LogP contribution in [0.1, 0.15) is 24.2 Å². The fourth-order valence-electron chi connectivity index (χ4n) is 1.76. The molecule has 0 saturated heterocycles. The second-order valence-corrected chi connectivity index (χ2v) is 5.04. The second-order valence-electron chi connectivity index (χ2n) is 4.34. The number of anilines is 1. The van der Waals surface area contributed by atoms with Crippen LogP contribution in [0.4, 0.5) is 5.82 Å². The Bertz CT molecular complexity index is 525. The van der Waals surface area contributed by atoms with Crippen molar-refractivity contribution >= 4 is 29.0 Å². The van der Waals surface area contributed by atoms with E-state index < -0.39 is 0 Å². The highest BCUT2D eigenvalue weighted by molar-refractivity contribution is 6.30. The van der Waals surface area contributed by atoms with Gasteiger partial charge in [0.2, 0.25) is 0 Å². The smallest absolute Gasteiger partial charge is 0.147 e. The first kappa shape index (κ1) is 14.1. The lowest BCUT2D eigenvalue weighted by molar-refractivity contribution is 0.725. The first-order chi connectivity index (χ1) is 9.11. The SMILES string of the molecule is CC(c1ccc(Cl)cc1)N(C)c1cnc(CCl)cn1. The molecule has 1 heterocycles. The molecular formula is C14H15Cl2N3. The lowest BCUT2D eigenvalue weighted by Crippen LogP contribution is -2.22. The van der Waals surface area contributed by atoms with Crippen LogP contribution in [0, 0.1) is 0 Å². The average Bonchev–Trinajstić information content (AvgIpc) is 2.46. The standard InChI is InChI=1S/C14H15Cl2N3/c1-10(11-3-5-12(16)6-4-11)19(2)14-9-17-13(7-15)8-18-14/h3-6,8-10H,7H2,1-2H3. The summed E-state index contributed by atoms with van der Waals surface area (Å²) in [6.45, 7) is 2.11. The molecule has 1 aromatic carbocycles. The van der Waals surface area contributed by atoms with E-state index in [1.54, 1.807) is 12.4 Å². The highest BCUT2D eigenvalue weighted by Crippen LogP contribution is 2.24. The largest absolute Gasteiger partial charge is 0.352 e. The molecule has 19 heavy (non-hydrogen) atoms. The van der Waals surface area contributed by atoms with E-state index in [2.05, 4.69) is 21.8 Å². The molecule has 0 aliphatic rings. The van der Waals surface area contributed by atoms with Crippen molar-refractivity contribution in [2.24, 2.45) is 0 Å². The number of aromatic nitrogens is 2. The maximum absolute atomic E-state index is 5.90. The number of nitrogens with zero attached hydrogens (tertiary/aromatic N) is 3. The molecular weight excluding hydrogens is 281 g/mol. The van der Waals surface area contributed by atoms with Gasteiger partial charge >= 0.3 is 0 Å². The van der Waals surface area contributed by atoms with Crippen LogP contribution >= 0.6 is 23.2 Å². The Hall–Kier alpha value is -1.32. The second kappa shape index (κ2) is 6.22. The lowest BCUT2D eigenvalue weighted by Gasteiger charge is -2.26. The van der Waals surface area contributed by atoms with Gasteiger partial charge < -0.3 is 4.90 Å². The summed E-state index contributed by atoms with van der Waals surface area (Å²) in [6.07, 6.45) is 3.44. The maximum Gasteiger partial charge on any atom is 0.147 e. The van der Waals surface area contributed by atoms with E-state index in [-0.39, 0.29) is 6.04 Å². The zero-order valence-electron chi connectivity index (χ0n) is 10.8. The third-order valence-corrected chi connectivity index (χ3v) is 3.65. The van der Waals surface area contributed by atoms with E-state index in [1.165, 1.54) is 5.56 Å². The first-order valence-corrected chi connectivity index (χ1v) is 6.88. The number of alkyl halides is 1. The van der Waals surface area contributed by atoms with Gasteiger partial charge in [0.15, 0.2) is 0 Å². The lowest BCUT2D eigenvalue weighted by atomic mass is 10.1. The summed E-state index contributed by atoms with van der Waals surface area (Å²) in [5.41, 5.74) is 1.95. The van der Waals surface area contributed by atoms with Gasteiger partial charge in [-0.05, 0) is 24.6 Å². The molecule has 0 aliphatic carbocycles. The third-order valence-electron chi connectivity index (χ3n) is 3.12. The molecule has 0 aliphatic heterocycles. The molecule has 0 fully saturated rings. The average molecular weight is 296 g/mol. The predicted molar refractivity (Wildman–Crippen MR) is 79.9 cm³/mol. The Morgan fingerprint density at radius 2 is 1.84 bits per heavy atom. The summed E-state index contributed by atoms with van der Waals surface area (Å²) in [5.74, 6) is 1.19. The number of benzene rings is 1. The van der Waals surface area contributed by atoms with Crippen molar-refractivity contribution in [2.75, 3.05) is 11.9 Å². The van der Waals surface area contributed by atoms with Crippen LogP contribution in [-0.4, -0.2) is 17.0 Å². The van der Waals surface area contributed by atoms with Gasteiger partial charge in [0.05, 0.1) is 30.0 Å². The van der Waals surface area contributed by atoms with E-state index >= 15 is 0 Å². The maximum atomic E-state index is 5.90. The molecule has 0 saturated carbocycles. The molecule has 0 radical (unpaired) electrons. The molecule has 0 N–H and O–H groups in total. The quantitative estimate of drug-likeness (QED) is 0.796. The predicted octanol–water partition coefficient (Wildman–Crippen LogP) is 4.07. The Labute approximate surface area is 123 Å². The number of hydrogen-bond acceptors (Lipinski definition) is 3. The van der Waals surface area contributed by atoms with Gasteiger partial charge in [-0.3, -0.25) is 4.98 Å². The van der Waals surface area contributed by atoms with Gasteiger partial charge in [-0.25, -0.2) is 4.98 Å². The highest BCUT2D eigenvalue weighted by Gasteiger charge is 2.13. The van der Waals surface area contributed by atoms with Crippen LogP contribution in [0.15, 0.2) is 36.7 Å². The minimum absolute atomic E-state index is 0.188. The van der Waals surface area contributed by atoms with Crippen molar-refractivity contribution in [2.45, 2.75) is 18.8 Å². The van der Waals surface area contributed by atoms with E-state index in [0.29, 0.717) is 5.88 Å². The monoisotopic (exact) mass is 295 g/mol. The van der Waals surface area contributed by atoms with Gasteiger partial charge in [0.25, 0.3) is 0 Å². The minimum Gasteiger partial charge on any atom is -0.352 e. The van der Waals surface area contributed by atoms with Gasteiger partial charge in [0.1, 0.15) is 5.82 Å². The van der Waals surface area contributed by atoms with E-state index in [1.807, 2.05) is 31.3 Å². The fraction of sp³-hybridized carbons (Fsp3) is 0.286. The topological polar surface area (TPSA) is 29.0 Å². The highest BCUT2D eigenvalue weighted by atomic mass is 35.5.